The van der Waals surface area contributed by atoms with Crippen molar-refractivity contribution < 1.29 is 0 Å². The Balaban J connectivity index is 1.72. The number of likely N-dealkylation sites (tertiary alicyclic amines) is 1. The van der Waals surface area contributed by atoms with Gasteiger partial charge in [0.05, 0.1) is 5.37 Å². The van der Waals surface area contributed by atoms with Crippen molar-refractivity contribution in [3.05, 3.63) is 0 Å². The van der Waals surface area contributed by atoms with Gasteiger partial charge < -0.3 is 10.2 Å². The van der Waals surface area contributed by atoms with Gasteiger partial charge in [0.2, 0.25) is 0 Å². The van der Waals surface area contributed by atoms with Gasteiger partial charge in [-0.2, -0.15) is 0 Å². The Kier molecular flexibility index (Phi) is 2.94. The van der Waals surface area contributed by atoms with Crippen molar-refractivity contribution in [2.24, 2.45) is 0 Å². The van der Waals surface area contributed by atoms with E-state index in [2.05, 4.69) is 28.9 Å². The van der Waals surface area contributed by atoms with Crippen LogP contribution in [-0.2, 0) is 0 Å². The molecule has 0 saturated carbocycles. The van der Waals surface area contributed by atoms with Crippen LogP contribution in [0.3, 0.4) is 0 Å². The Bertz CT molecular complexity index is 145. The number of hydrogen-bond donors (Lipinski definition) is 1. The number of thioether (sulfide) groups is 1. The SMILES string of the molecule is C[C@H]1NC[C@H](CN2CCCC2)S1. The third kappa shape index (κ3) is 2.15. The maximum Gasteiger partial charge on any atom is 0.0507 e. The van der Waals surface area contributed by atoms with E-state index in [4.69, 9.17) is 0 Å². The van der Waals surface area contributed by atoms with E-state index in [1.54, 1.807) is 0 Å². The predicted octanol–water partition coefficient (Wildman–Crippen LogP) is 1.13. The molecular formula is C9H18N2S. The summed E-state index contributed by atoms with van der Waals surface area (Å²) in [5.74, 6) is 0. The van der Waals surface area contributed by atoms with Crippen LogP contribution in [0, 0.1) is 0 Å². The van der Waals surface area contributed by atoms with Crippen molar-refractivity contribution in [1.29, 1.82) is 0 Å². The zero-order chi connectivity index (χ0) is 8.39. The van der Waals surface area contributed by atoms with Crippen LogP contribution in [0.4, 0.5) is 0 Å². The molecule has 0 aromatic heterocycles. The molecule has 0 aliphatic carbocycles. The zero-order valence-corrected chi connectivity index (χ0v) is 8.57. The Labute approximate surface area is 79.1 Å². The molecule has 1 N–H and O–H groups in total. The molecule has 2 atom stereocenters. The second kappa shape index (κ2) is 3.99. The Morgan fingerprint density at radius 1 is 1.42 bits per heavy atom. The summed E-state index contributed by atoms with van der Waals surface area (Å²) in [6.45, 7) is 7.45. The highest BCUT2D eigenvalue weighted by atomic mass is 32.2. The molecule has 0 unspecified atom stereocenters. The second-order valence-corrected chi connectivity index (χ2v) is 5.46. The number of nitrogens with zero attached hydrogens (tertiary/aromatic N) is 1. The average molecular weight is 186 g/mol. The van der Waals surface area contributed by atoms with Gasteiger partial charge in [-0.25, -0.2) is 0 Å². The smallest absolute Gasteiger partial charge is 0.0507 e. The van der Waals surface area contributed by atoms with Crippen molar-refractivity contribution in [1.82, 2.24) is 10.2 Å². The first-order valence-electron chi connectivity index (χ1n) is 4.96. The van der Waals surface area contributed by atoms with Crippen molar-refractivity contribution >= 4 is 11.8 Å². The van der Waals surface area contributed by atoms with Crippen molar-refractivity contribution in [3.8, 4) is 0 Å². The molecule has 3 heteroatoms. The number of hydrogen-bond acceptors (Lipinski definition) is 3. The molecule has 2 fully saturated rings. The van der Waals surface area contributed by atoms with Gasteiger partial charge in [0, 0.05) is 18.3 Å². The summed E-state index contributed by atoms with van der Waals surface area (Å²) in [4.78, 5) is 2.61. The van der Waals surface area contributed by atoms with Crippen molar-refractivity contribution in [2.75, 3.05) is 26.2 Å². The summed E-state index contributed by atoms with van der Waals surface area (Å²) in [6, 6.07) is 0. The van der Waals surface area contributed by atoms with Gasteiger partial charge >= 0.3 is 0 Å². The molecule has 2 heterocycles. The lowest BCUT2D eigenvalue weighted by molar-refractivity contribution is 0.339. The summed E-state index contributed by atoms with van der Waals surface area (Å²) in [6.07, 6.45) is 2.83. The summed E-state index contributed by atoms with van der Waals surface area (Å²) < 4.78 is 0. The van der Waals surface area contributed by atoms with Gasteiger partial charge in [0.15, 0.2) is 0 Å². The van der Waals surface area contributed by atoms with Gasteiger partial charge in [0.1, 0.15) is 0 Å². The molecular weight excluding hydrogens is 168 g/mol. The topological polar surface area (TPSA) is 15.3 Å². The quantitative estimate of drug-likeness (QED) is 0.696. The number of rotatable bonds is 2. The summed E-state index contributed by atoms with van der Waals surface area (Å²) in [5.41, 5.74) is 0. The predicted molar refractivity (Wildman–Crippen MR) is 54.5 cm³/mol. The fraction of sp³-hybridized carbons (Fsp3) is 1.00. The van der Waals surface area contributed by atoms with Crippen LogP contribution < -0.4 is 5.32 Å². The zero-order valence-electron chi connectivity index (χ0n) is 7.75. The summed E-state index contributed by atoms with van der Waals surface area (Å²) in [7, 11) is 0. The fourth-order valence-corrected chi connectivity index (χ4v) is 3.30. The van der Waals surface area contributed by atoms with E-state index in [1.807, 2.05) is 0 Å². The van der Waals surface area contributed by atoms with E-state index in [0.29, 0.717) is 5.37 Å². The van der Waals surface area contributed by atoms with Crippen LogP contribution in [0.15, 0.2) is 0 Å². The third-order valence-corrected chi connectivity index (χ3v) is 3.97. The van der Waals surface area contributed by atoms with E-state index < -0.39 is 0 Å². The lowest BCUT2D eigenvalue weighted by atomic mass is 10.4. The molecule has 2 aliphatic heterocycles. The first-order valence-corrected chi connectivity index (χ1v) is 5.90. The van der Waals surface area contributed by atoms with Crippen molar-refractivity contribution in [2.45, 2.75) is 30.4 Å². The minimum Gasteiger partial charge on any atom is -0.304 e. The van der Waals surface area contributed by atoms with Gasteiger partial charge in [0.25, 0.3) is 0 Å². The Hall–Kier alpha value is 0.270. The van der Waals surface area contributed by atoms with E-state index in [0.717, 1.165) is 5.25 Å². The molecule has 2 nitrogen and oxygen atoms in total. The molecule has 0 radical (unpaired) electrons. The Morgan fingerprint density at radius 3 is 2.75 bits per heavy atom. The molecule has 2 rings (SSSR count). The van der Waals surface area contributed by atoms with Gasteiger partial charge in [-0.05, 0) is 32.9 Å². The molecule has 0 bridgehead atoms. The highest BCUT2D eigenvalue weighted by Crippen LogP contribution is 2.23. The van der Waals surface area contributed by atoms with Crippen LogP contribution >= 0.6 is 11.8 Å². The monoisotopic (exact) mass is 186 g/mol. The fourth-order valence-electron chi connectivity index (χ4n) is 2.04. The van der Waals surface area contributed by atoms with Gasteiger partial charge in [-0.3, -0.25) is 0 Å². The molecule has 12 heavy (non-hydrogen) atoms. The molecule has 0 amide bonds. The van der Waals surface area contributed by atoms with Gasteiger partial charge in [-0.1, -0.05) is 0 Å². The van der Waals surface area contributed by atoms with Crippen LogP contribution in [0.25, 0.3) is 0 Å². The lowest BCUT2D eigenvalue weighted by Gasteiger charge is -2.18. The maximum absolute atomic E-state index is 3.48. The lowest BCUT2D eigenvalue weighted by Crippen LogP contribution is -2.30. The van der Waals surface area contributed by atoms with E-state index in [1.165, 1.54) is 39.0 Å². The van der Waals surface area contributed by atoms with Crippen LogP contribution in [0.1, 0.15) is 19.8 Å². The maximum atomic E-state index is 3.48. The number of nitrogens with one attached hydrogen (secondary N) is 1. The average Bonchev–Trinajstić information content (AvgIpc) is 2.63. The van der Waals surface area contributed by atoms with E-state index in [9.17, 15) is 0 Å². The van der Waals surface area contributed by atoms with Crippen molar-refractivity contribution in [3.63, 3.8) is 0 Å². The first kappa shape index (κ1) is 8.85. The molecule has 0 aromatic rings. The largest absolute Gasteiger partial charge is 0.304 e. The second-order valence-electron chi connectivity index (χ2n) is 3.82. The normalized spacial score (nSPS) is 37.8. The minimum atomic E-state index is 0.678. The standard InChI is InChI=1S/C9H18N2S/c1-8-10-6-9(12-8)7-11-4-2-3-5-11/h8-10H,2-7H2,1H3/t8-,9+/m0/s1. The van der Waals surface area contributed by atoms with E-state index in [-0.39, 0.29) is 0 Å². The molecule has 2 aliphatic rings. The minimum absolute atomic E-state index is 0.678. The molecule has 0 aromatic carbocycles. The summed E-state index contributed by atoms with van der Waals surface area (Å²) >= 11 is 2.10. The third-order valence-electron chi connectivity index (χ3n) is 2.69. The van der Waals surface area contributed by atoms with Gasteiger partial charge in [-0.15, -0.1) is 11.8 Å². The highest BCUT2D eigenvalue weighted by molar-refractivity contribution is 8.00. The van der Waals surface area contributed by atoms with Crippen LogP contribution in [0.2, 0.25) is 0 Å². The van der Waals surface area contributed by atoms with Crippen LogP contribution in [0.5, 0.6) is 0 Å². The molecule has 70 valence electrons. The molecule has 2 saturated heterocycles. The first-order chi connectivity index (χ1) is 5.84. The Morgan fingerprint density at radius 2 is 2.17 bits per heavy atom. The van der Waals surface area contributed by atoms with Crippen LogP contribution in [-0.4, -0.2) is 41.7 Å². The highest BCUT2D eigenvalue weighted by Gasteiger charge is 2.24. The summed E-state index contributed by atoms with van der Waals surface area (Å²) in [5, 5.41) is 5.00. The van der Waals surface area contributed by atoms with E-state index >= 15 is 0 Å². The molecule has 0 spiro atoms.